The minimum atomic E-state index is 0.0634. The molecule has 0 amide bonds. The summed E-state index contributed by atoms with van der Waals surface area (Å²) in [5.74, 6) is 1.09. The highest BCUT2D eigenvalue weighted by atomic mass is 16.5. The van der Waals surface area contributed by atoms with Gasteiger partial charge in [-0.3, -0.25) is 4.90 Å². The third kappa shape index (κ3) is 4.35. The number of aliphatic hydroxyl groups is 2. The maximum atomic E-state index is 9.07. The molecule has 6 heteroatoms. The maximum absolute atomic E-state index is 9.07. The average molecular weight is 291 g/mol. The molecule has 2 N–H and O–H groups in total. The average Bonchev–Trinajstić information content (AvgIpc) is 2.94. The molecule has 0 spiro atoms. The Morgan fingerprint density at radius 3 is 2.67 bits per heavy atom. The summed E-state index contributed by atoms with van der Waals surface area (Å²) in [6.45, 7) is 3.89. The van der Waals surface area contributed by atoms with Gasteiger partial charge >= 0.3 is 0 Å². The van der Waals surface area contributed by atoms with Crippen molar-refractivity contribution in [3.8, 4) is 11.5 Å². The molecule has 0 radical (unpaired) electrons. The second-order valence-corrected chi connectivity index (χ2v) is 4.91. The summed E-state index contributed by atoms with van der Waals surface area (Å²) >= 11 is 0. The lowest BCUT2D eigenvalue weighted by atomic mass is 10.1. The first-order valence-corrected chi connectivity index (χ1v) is 7.07. The van der Waals surface area contributed by atoms with Crippen LogP contribution in [0.5, 0.6) is 0 Å². The summed E-state index contributed by atoms with van der Waals surface area (Å²) in [5, 5.41) is 22.0. The fourth-order valence-corrected chi connectivity index (χ4v) is 2.15. The first-order valence-electron chi connectivity index (χ1n) is 7.07. The van der Waals surface area contributed by atoms with Crippen LogP contribution in [0, 0.1) is 6.92 Å². The van der Waals surface area contributed by atoms with Crippen molar-refractivity contribution in [3.63, 3.8) is 0 Å². The van der Waals surface area contributed by atoms with E-state index in [4.69, 9.17) is 14.7 Å². The lowest BCUT2D eigenvalue weighted by molar-refractivity contribution is 0.170. The van der Waals surface area contributed by atoms with Crippen molar-refractivity contribution in [2.45, 2.75) is 19.9 Å². The Morgan fingerprint density at radius 1 is 1.14 bits per heavy atom. The van der Waals surface area contributed by atoms with Crippen LogP contribution in [-0.4, -0.2) is 51.6 Å². The van der Waals surface area contributed by atoms with E-state index in [-0.39, 0.29) is 13.2 Å². The van der Waals surface area contributed by atoms with Crippen molar-refractivity contribution in [1.82, 2.24) is 15.0 Å². The molecule has 0 aliphatic carbocycles. The Bertz CT molecular complexity index is 557. The van der Waals surface area contributed by atoms with Crippen LogP contribution in [-0.2, 0) is 6.54 Å². The second-order valence-electron chi connectivity index (χ2n) is 4.91. The molecule has 0 fully saturated rings. The molecular formula is C15H21N3O3. The highest BCUT2D eigenvalue weighted by Crippen LogP contribution is 2.21. The van der Waals surface area contributed by atoms with Crippen molar-refractivity contribution in [2.24, 2.45) is 0 Å². The van der Waals surface area contributed by atoms with Gasteiger partial charge in [-0.2, -0.15) is 4.98 Å². The Morgan fingerprint density at radius 2 is 1.95 bits per heavy atom. The summed E-state index contributed by atoms with van der Waals surface area (Å²) in [4.78, 5) is 6.40. The number of nitrogens with zero attached hydrogens (tertiary/aromatic N) is 3. The van der Waals surface area contributed by atoms with E-state index in [1.807, 2.05) is 36.1 Å². The Balaban J connectivity index is 2.06. The Hall–Kier alpha value is -1.76. The van der Waals surface area contributed by atoms with Gasteiger partial charge in [0.2, 0.25) is 0 Å². The molecule has 114 valence electrons. The van der Waals surface area contributed by atoms with Crippen LogP contribution in [0.15, 0.2) is 28.8 Å². The topological polar surface area (TPSA) is 82.6 Å². The smallest absolute Gasteiger partial charge is 0.258 e. The molecule has 1 aromatic carbocycles. The molecule has 2 aromatic rings. The van der Waals surface area contributed by atoms with E-state index in [1.54, 1.807) is 0 Å². The fourth-order valence-electron chi connectivity index (χ4n) is 2.15. The first kappa shape index (κ1) is 15.6. The first-order chi connectivity index (χ1) is 10.2. The minimum absolute atomic E-state index is 0.0634. The van der Waals surface area contributed by atoms with Gasteiger partial charge in [-0.15, -0.1) is 0 Å². The molecular weight excluding hydrogens is 270 g/mol. The molecule has 21 heavy (non-hydrogen) atoms. The van der Waals surface area contributed by atoms with Crippen LogP contribution < -0.4 is 0 Å². The monoisotopic (exact) mass is 291 g/mol. The summed E-state index contributed by atoms with van der Waals surface area (Å²) in [6, 6.07) is 7.85. The fraction of sp³-hybridized carbons (Fsp3) is 0.467. The van der Waals surface area contributed by atoms with E-state index >= 15 is 0 Å². The van der Waals surface area contributed by atoms with Gasteiger partial charge in [0.05, 0.1) is 13.2 Å². The molecule has 2 rings (SSSR count). The number of aryl methyl sites for hydroxylation is 1. The van der Waals surface area contributed by atoms with Crippen molar-refractivity contribution in [3.05, 3.63) is 35.7 Å². The molecule has 0 unspecified atom stereocenters. The molecule has 0 aliphatic rings. The van der Waals surface area contributed by atoms with Crippen molar-refractivity contribution < 1.29 is 14.7 Å². The maximum Gasteiger partial charge on any atom is 0.258 e. The molecule has 0 saturated carbocycles. The van der Waals surface area contributed by atoms with Gasteiger partial charge in [-0.1, -0.05) is 23.4 Å². The van der Waals surface area contributed by atoms with Gasteiger partial charge in [0, 0.05) is 25.3 Å². The normalized spacial score (nSPS) is 11.2. The van der Waals surface area contributed by atoms with Crippen LogP contribution in [0.3, 0.4) is 0 Å². The summed E-state index contributed by atoms with van der Waals surface area (Å²) in [5.41, 5.74) is 2.01. The molecule has 6 nitrogen and oxygen atoms in total. The molecule has 1 aromatic heterocycles. The van der Waals surface area contributed by atoms with Crippen molar-refractivity contribution in [2.75, 3.05) is 26.3 Å². The summed E-state index contributed by atoms with van der Waals surface area (Å²) in [7, 11) is 0. The zero-order chi connectivity index (χ0) is 15.1. The van der Waals surface area contributed by atoms with Gasteiger partial charge in [0.1, 0.15) is 0 Å². The molecule has 1 heterocycles. The number of hydrogen-bond donors (Lipinski definition) is 2. The van der Waals surface area contributed by atoms with E-state index in [1.165, 1.54) is 0 Å². The van der Waals surface area contributed by atoms with Crippen LogP contribution in [0.1, 0.15) is 17.8 Å². The number of aliphatic hydroxyl groups excluding tert-OH is 2. The van der Waals surface area contributed by atoms with E-state index in [0.29, 0.717) is 37.8 Å². The SMILES string of the molecule is Cc1ccccc1-c1nc(CN(CCO)CCCO)no1. The van der Waals surface area contributed by atoms with E-state index in [9.17, 15) is 0 Å². The number of rotatable bonds is 8. The van der Waals surface area contributed by atoms with Gasteiger partial charge in [-0.25, -0.2) is 0 Å². The van der Waals surface area contributed by atoms with E-state index in [2.05, 4.69) is 10.1 Å². The molecule has 0 atom stereocenters. The lowest BCUT2D eigenvalue weighted by Crippen LogP contribution is -2.28. The number of aromatic nitrogens is 2. The van der Waals surface area contributed by atoms with Crippen molar-refractivity contribution in [1.29, 1.82) is 0 Å². The number of benzene rings is 1. The predicted octanol–water partition coefficient (Wildman–Crippen LogP) is 1.22. The largest absolute Gasteiger partial charge is 0.396 e. The zero-order valence-corrected chi connectivity index (χ0v) is 12.2. The van der Waals surface area contributed by atoms with Gasteiger partial charge < -0.3 is 14.7 Å². The third-order valence-corrected chi connectivity index (χ3v) is 3.26. The standard InChI is InChI=1S/C15H21N3O3/c1-12-5-2-3-6-13(12)15-16-14(17-21-15)11-18(8-10-20)7-4-9-19/h2-3,5-6,19-20H,4,7-11H2,1H3. The van der Waals surface area contributed by atoms with Crippen LogP contribution in [0.2, 0.25) is 0 Å². The van der Waals surface area contributed by atoms with Gasteiger partial charge in [-0.05, 0) is 25.0 Å². The zero-order valence-electron chi connectivity index (χ0n) is 12.2. The number of hydrogen-bond acceptors (Lipinski definition) is 6. The minimum Gasteiger partial charge on any atom is -0.396 e. The van der Waals surface area contributed by atoms with Crippen molar-refractivity contribution >= 4 is 0 Å². The highest BCUT2D eigenvalue weighted by molar-refractivity contribution is 5.57. The summed E-state index contributed by atoms with van der Waals surface area (Å²) in [6.07, 6.45) is 0.655. The Kier molecular flexibility index (Phi) is 5.86. The van der Waals surface area contributed by atoms with Crippen LogP contribution in [0.4, 0.5) is 0 Å². The van der Waals surface area contributed by atoms with Crippen LogP contribution in [0.25, 0.3) is 11.5 Å². The van der Waals surface area contributed by atoms with Gasteiger partial charge in [0.25, 0.3) is 5.89 Å². The third-order valence-electron chi connectivity index (χ3n) is 3.26. The molecule has 0 aliphatic heterocycles. The van der Waals surface area contributed by atoms with E-state index < -0.39 is 0 Å². The quantitative estimate of drug-likeness (QED) is 0.761. The highest BCUT2D eigenvalue weighted by Gasteiger charge is 2.13. The lowest BCUT2D eigenvalue weighted by Gasteiger charge is -2.18. The van der Waals surface area contributed by atoms with Gasteiger partial charge in [0.15, 0.2) is 5.82 Å². The Labute approximate surface area is 124 Å². The van der Waals surface area contributed by atoms with Crippen LogP contribution >= 0.6 is 0 Å². The molecule has 0 saturated heterocycles. The van der Waals surface area contributed by atoms with E-state index in [0.717, 1.165) is 11.1 Å². The second kappa shape index (κ2) is 7.87. The summed E-state index contributed by atoms with van der Waals surface area (Å²) < 4.78 is 5.32. The predicted molar refractivity (Wildman–Crippen MR) is 78.5 cm³/mol. The molecule has 0 bridgehead atoms.